The van der Waals surface area contributed by atoms with Crippen LogP contribution in [0.15, 0.2) is 36.4 Å². The van der Waals surface area contributed by atoms with Gasteiger partial charge in [-0.15, -0.1) is 11.3 Å². The summed E-state index contributed by atoms with van der Waals surface area (Å²) in [5.74, 6) is 0.0929. The van der Waals surface area contributed by atoms with Gasteiger partial charge in [0.05, 0.1) is 12.2 Å². The lowest BCUT2D eigenvalue weighted by atomic mass is 9.86. The molecule has 0 aliphatic carbocycles. The highest BCUT2D eigenvalue weighted by molar-refractivity contribution is 7.12. The van der Waals surface area contributed by atoms with Gasteiger partial charge in [0.1, 0.15) is 11.9 Å². The molecule has 4 heterocycles. The second-order valence-corrected chi connectivity index (χ2v) is 8.60. The molecule has 0 saturated carbocycles. The number of halogens is 1. The van der Waals surface area contributed by atoms with E-state index >= 15 is 0 Å². The Kier molecular flexibility index (Phi) is 5.45. The summed E-state index contributed by atoms with van der Waals surface area (Å²) in [4.78, 5) is 19.3. The zero-order valence-electron chi connectivity index (χ0n) is 15.6. The quantitative estimate of drug-likeness (QED) is 0.745. The minimum Gasteiger partial charge on any atom is -0.444 e. The van der Waals surface area contributed by atoms with Crippen LogP contribution >= 0.6 is 11.3 Å². The second kappa shape index (κ2) is 7.98. The highest BCUT2D eigenvalue weighted by atomic mass is 32.1. The van der Waals surface area contributed by atoms with Gasteiger partial charge < -0.3 is 4.74 Å². The number of anilines is 1. The number of piperidine rings is 3. The van der Waals surface area contributed by atoms with Crippen LogP contribution < -0.4 is 4.90 Å². The first-order valence-corrected chi connectivity index (χ1v) is 10.5. The maximum atomic E-state index is 13.8. The Bertz CT molecular complexity index is 801. The summed E-state index contributed by atoms with van der Waals surface area (Å²) >= 11 is 1.68. The molecule has 1 unspecified atom stereocenters. The molecule has 3 aliphatic heterocycles. The molecule has 0 spiro atoms. The third-order valence-corrected chi connectivity index (χ3v) is 6.78. The van der Waals surface area contributed by atoms with Crippen molar-refractivity contribution in [1.82, 2.24) is 4.90 Å². The largest absolute Gasteiger partial charge is 0.444 e. The Morgan fingerprint density at radius 1 is 1.26 bits per heavy atom. The average Bonchev–Trinajstić information content (AvgIpc) is 3.15. The SMILES string of the molecule is CCc1ccc(CN(C(=O)OC2CN3CCC2CC3)c2cccc(F)c2)s1. The number of rotatable bonds is 5. The zero-order valence-corrected chi connectivity index (χ0v) is 16.4. The lowest BCUT2D eigenvalue weighted by Gasteiger charge is -2.44. The van der Waals surface area contributed by atoms with Crippen LogP contribution in [0.3, 0.4) is 0 Å². The molecule has 3 aliphatic rings. The second-order valence-electron chi connectivity index (χ2n) is 7.35. The number of hydrogen-bond donors (Lipinski definition) is 0. The van der Waals surface area contributed by atoms with Gasteiger partial charge in [-0.1, -0.05) is 13.0 Å². The number of thiophene rings is 1. The number of aryl methyl sites for hydroxylation is 1. The monoisotopic (exact) mass is 388 g/mol. The van der Waals surface area contributed by atoms with Crippen LogP contribution in [0.4, 0.5) is 14.9 Å². The van der Waals surface area contributed by atoms with E-state index in [1.54, 1.807) is 28.4 Å². The fourth-order valence-electron chi connectivity index (χ4n) is 4.00. The molecule has 5 rings (SSSR count). The summed E-state index contributed by atoms with van der Waals surface area (Å²) in [6.45, 7) is 5.52. The fourth-order valence-corrected chi connectivity index (χ4v) is 4.94. The number of carbonyl (C=O) groups excluding carboxylic acids is 1. The van der Waals surface area contributed by atoms with Crippen LogP contribution in [-0.4, -0.2) is 36.7 Å². The summed E-state index contributed by atoms with van der Waals surface area (Å²) < 4.78 is 19.7. The van der Waals surface area contributed by atoms with E-state index in [1.807, 2.05) is 6.07 Å². The smallest absolute Gasteiger partial charge is 0.414 e. The number of hydrogen-bond acceptors (Lipinski definition) is 4. The molecule has 1 atom stereocenters. The van der Waals surface area contributed by atoms with Crippen molar-refractivity contribution in [3.05, 3.63) is 52.0 Å². The summed E-state index contributed by atoms with van der Waals surface area (Å²) in [7, 11) is 0. The minimum absolute atomic E-state index is 0.0643. The van der Waals surface area contributed by atoms with Gasteiger partial charge in [-0.2, -0.15) is 0 Å². The molecule has 4 nitrogen and oxygen atoms in total. The van der Waals surface area contributed by atoms with Gasteiger partial charge in [0.2, 0.25) is 0 Å². The lowest BCUT2D eigenvalue weighted by Crippen LogP contribution is -2.53. The van der Waals surface area contributed by atoms with Gasteiger partial charge in [-0.25, -0.2) is 9.18 Å². The summed E-state index contributed by atoms with van der Waals surface area (Å²) in [5.41, 5.74) is 0.535. The molecule has 2 aromatic rings. The Hall–Kier alpha value is -1.92. The average molecular weight is 389 g/mol. The summed E-state index contributed by atoms with van der Waals surface area (Å²) in [6.07, 6.45) is 2.69. The molecule has 0 N–H and O–H groups in total. The van der Waals surface area contributed by atoms with E-state index in [0.29, 0.717) is 18.2 Å². The van der Waals surface area contributed by atoms with Crippen molar-refractivity contribution in [2.24, 2.45) is 5.92 Å². The molecule has 1 aromatic heterocycles. The molecule has 2 bridgehead atoms. The van der Waals surface area contributed by atoms with Gasteiger partial charge in [0.15, 0.2) is 0 Å². The van der Waals surface area contributed by atoms with E-state index in [1.165, 1.54) is 17.0 Å². The van der Waals surface area contributed by atoms with E-state index in [2.05, 4.69) is 17.9 Å². The van der Waals surface area contributed by atoms with E-state index in [9.17, 15) is 9.18 Å². The van der Waals surface area contributed by atoms with Crippen LogP contribution in [0.2, 0.25) is 0 Å². The highest BCUT2D eigenvalue weighted by Gasteiger charge is 2.37. The number of amides is 1. The Morgan fingerprint density at radius 3 is 2.67 bits per heavy atom. The third-order valence-electron chi connectivity index (χ3n) is 5.57. The van der Waals surface area contributed by atoms with Crippen molar-refractivity contribution < 1.29 is 13.9 Å². The maximum Gasteiger partial charge on any atom is 0.414 e. The Balaban J connectivity index is 1.54. The molecular weight excluding hydrogens is 363 g/mol. The van der Waals surface area contributed by atoms with Crippen LogP contribution in [-0.2, 0) is 17.7 Å². The predicted molar refractivity (Wildman–Crippen MR) is 106 cm³/mol. The van der Waals surface area contributed by atoms with Crippen molar-refractivity contribution in [3.8, 4) is 0 Å². The molecule has 3 saturated heterocycles. The van der Waals surface area contributed by atoms with Crippen molar-refractivity contribution in [3.63, 3.8) is 0 Å². The molecule has 6 heteroatoms. The molecule has 0 radical (unpaired) electrons. The highest BCUT2D eigenvalue weighted by Crippen LogP contribution is 2.31. The van der Waals surface area contributed by atoms with E-state index in [0.717, 1.165) is 43.8 Å². The van der Waals surface area contributed by atoms with Crippen molar-refractivity contribution in [1.29, 1.82) is 0 Å². The molecule has 1 aromatic carbocycles. The van der Waals surface area contributed by atoms with Crippen LogP contribution in [0.25, 0.3) is 0 Å². The molecule has 1 amide bonds. The number of ether oxygens (including phenoxy) is 1. The first-order chi connectivity index (χ1) is 13.1. The molecule has 27 heavy (non-hydrogen) atoms. The van der Waals surface area contributed by atoms with Crippen LogP contribution in [0.5, 0.6) is 0 Å². The normalized spacial score (nSPS) is 24.0. The van der Waals surface area contributed by atoms with E-state index < -0.39 is 0 Å². The predicted octanol–water partition coefficient (Wildman–Crippen LogP) is 4.69. The van der Waals surface area contributed by atoms with Gasteiger partial charge in [0.25, 0.3) is 0 Å². The summed E-state index contributed by atoms with van der Waals surface area (Å²) in [6, 6.07) is 10.3. The fraction of sp³-hybridized carbons (Fsp3) is 0.476. The number of fused-ring (bicyclic) bond motifs is 3. The van der Waals surface area contributed by atoms with Crippen molar-refractivity contribution >= 4 is 23.1 Å². The van der Waals surface area contributed by atoms with Gasteiger partial charge in [-0.3, -0.25) is 9.80 Å². The number of nitrogens with zero attached hydrogens (tertiary/aromatic N) is 2. The number of carbonyl (C=O) groups is 1. The molecule has 3 fully saturated rings. The lowest BCUT2D eigenvalue weighted by molar-refractivity contribution is -0.0311. The molecular formula is C21H25FN2O2S. The topological polar surface area (TPSA) is 32.8 Å². The number of benzene rings is 1. The first kappa shape index (κ1) is 18.4. The summed E-state index contributed by atoms with van der Waals surface area (Å²) in [5, 5.41) is 0. The van der Waals surface area contributed by atoms with Crippen LogP contribution in [0.1, 0.15) is 29.5 Å². The standard InChI is InChI=1S/C21H25FN2O2S/c1-2-18-6-7-19(27-18)13-24(17-5-3-4-16(22)12-17)21(25)26-20-14-23-10-8-15(20)9-11-23/h3-7,12,15,20H,2,8-11,13-14H2,1H3. The van der Waals surface area contributed by atoms with Gasteiger partial charge in [-0.05, 0) is 68.6 Å². The zero-order chi connectivity index (χ0) is 18.8. The Morgan fingerprint density at radius 2 is 2.04 bits per heavy atom. The van der Waals surface area contributed by atoms with E-state index in [4.69, 9.17) is 4.74 Å². The van der Waals surface area contributed by atoms with Crippen molar-refractivity contribution in [2.45, 2.75) is 38.8 Å². The van der Waals surface area contributed by atoms with E-state index in [-0.39, 0.29) is 18.0 Å². The van der Waals surface area contributed by atoms with Crippen molar-refractivity contribution in [2.75, 3.05) is 24.5 Å². The third kappa shape index (κ3) is 4.17. The van der Waals surface area contributed by atoms with Gasteiger partial charge in [0, 0.05) is 16.3 Å². The first-order valence-electron chi connectivity index (χ1n) is 9.66. The minimum atomic E-state index is -0.384. The van der Waals surface area contributed by atoms with Crippen LogP contribution in [0, 0.1) is 11.7 Å². The molecule has 144 valence electrons. The maximum absolute atomic E-state index is 13.8. The van der Waals surface area contributed by atoms with Gasteiger partial charge >= 0.3 is 6.09 Å². The Labute approximate surface area is 163 Å².